The molecule has 0 aliphatic rings. The first kappa shape index (κ1) is 8.37. The first-order chi connectivity index (χ1) is 4.85. The molecule has 0 heterocycles. The predicted molar refractivity (Wildman–Crippen MR) is 33.7 cm³/mol. The lowest BCUT2D eigenvalue weighted by Crippen LogP contribution is -2.17. The zero-order valence-electron chi connectivity index (χ0n) is 5.13. The van der Waals surface area contributed by atoms with Crippen molar-refractivity contribution in [2.75, 3.05) is 0 Å². The zero-order valence-corrected chi connectivity index (χ0v) is 5.13. The van der Waals surface area contributed by atoms with Crippen molar-refractivity contribution < 1.29 is 14.8 Å². The van der Waals surface area contributed by atoms with Gasteiger partial charge in [-0.1, -0.05) is 15.5 Å². The molecule has 0 aromatic heterocycles. The maximum atomic E-state index is 4.16. The van der Waals surface area contributed by atoms with Gasteiger partial charge in [0.25, 0.3) is 5.39 Å². The van der Waals surface area contributed by atoms with E-state index in [4.69, 9.17) is 0 Å². The average Bonchev–Trinajstić information content (AvgIpc) is 1.90. The van der Waals surface area contributed by atoms with Crippen molar-refractivity contribution in [3.05, 3.63) is 0 Å². The molecule has 0 N–H and O–H groups in total. The summed E-state index contributed by atoms with van der Waals surface area (Å²) in [5.41, 5.74) is 0. The van der Waals surface area contributed by atoms with Crippen LogP contribution in [0.5, 0.6) is 0 Å². The fraction of sp³-hybridized carbons (Fsp3) is 0. The molecule has 0 aromatic carbocycles. The van der Waals surface area contributed by atoms with Crippen LogP contribution >= 0.6 is 0 Å². The number of hydrogen-bond donors (Lipinski definition) is 0. The fourth-order valence-corrected chi connectivity index (χ4v) is 0.186. The van der Waals surface area contributed by atoms with Crippen LogP contribution in [-0.4, -0.2) is 25.5 Å². The molecule has 0 amide bonds. The van der Waals surface area contributed by atoms with E-state index in [0.29, 0.717) is 5.39 Å². The first-order valence-corrected chi connectivity index (χ1v) is 2.04. The number of rotatable bonds is 6. The lowest BCUT2D eigenvalue weighted by Gasteiger charge is -2.06. The molecule has 0 atom stereocenters. The predicted octanol–water partition coefficient (Wildman–Crippen LogP) is -0.0700. The van der Waals surface area contributed by atoms with Crippen LogP contribution in [-0.2, 0) is 14.8 Å². The highest BCUT2D eigenvalue weighted by Gasteiger charge is 2.04. The van der Waals surface area contributed by atoms with E-state index in [2.05, 4.69) is 50.4 Å². The van der Waals surface area contributed by atoms with Gasteiger partial charge in [-0.2, -0.15) is 0 Å². The minimum absolute atomic E-state index is 0.354. The van der Waals surface area contributed by atoms with Gasteiger partial charge in [0.15, 0.2) is 0 Å². The molecular weight excluding hydrogens is 140 g/mol. The standard InChI is InChI=1S/C3H6N4O3/c1-4-8-7(9-5-2)10-6-3/h1-3H2. The maximum Gasteiger partial charge on any atom is 0.300 e. The van der Waals surface area contributed by atoms with Crippen LogP contribution in [0.3, 0.4) is 0 Å². The van der Waals surface area contributed by atoms with Gasteiger partial charge >= 0.3 is 0 Å². The Kier molecular flexibility index (Phi) is 4.61. The number of hydrogen-bond acceptors (Lipinski definition) is 7. The second kappa shape index (κ2) is 5.51. The summed E-state index contributed by atoms with van der Waals surface area (Å²) in [5.74, 6) is 0. The molecule has 0 bridgehead atoms. The van der Waals surface area contributed by atoms with E-state index in [1.54, 1.807) is 0 Å². The van der Waals surface area contributed by atoms with Crippen molar-refractivity contribution in [2.24, 2.45) is 15.5 Å². The normalized spacial score (nSPS) is 8.10. The van der Waals surface area contributed by atoms with Crippen molar-refractivity contribution in [1.29, 1.82) is 0 Å². The minimum Gasteiger partial charge on any atom is -0.220 e. The van der Waals surface area contributed by atoms with Gasteiger partial charge in [0.1, 0.15) is 0 Å². The van der Waals surface area contributed by atoms with Crippen LogP contribution in [0.1, 0.15) is 0 Å². The Bertz CT molecular complexity index is 103. The summed E-state index contributed by atoms with van der Waals surface area (Å²) in [5, 5.41) is 9.12. The van der Waals surface area contributed by atoms with E-state index in [0.717, 1.165) is 0 Å². The van der Waals surface area contributed by atoms with Crippen LogP contribution in [0, 0.1) is 0 Å². The molecule has 0 aliphatic heterocycles. The van der Waals surface area contributed by atoms with Gasteiger partial charge in [-0.3, -0.25) is 0 Å². The summed E-state index contributed by atoms with van der Waals surface area (Å²) in [6.07, 6.45) is 0. The Labute approximate surface area is 57.0 Å². The number of nitrogens with zero attached hydrogens (tertiary/aromatic N) is 4. The summed E-state index contributed by atoms with van der Waals surface area (Å²) in [4.78, 5) is 12.5. The third kappa shape index (κ3) is 3.38. The molecule has 0 fully saturated rings. The third-order valence-corrected chi connectivity index (χ3v) is 0.373. The molecule has 10 heavy (non-hydrogen) atoms. The number of oxime groups is 3. The van der Waals surface area contributed by atoms with Crippen molar-refractivity contribution in [3.63, 3.8) is 0 Å². The monoisotopic (exact) mass is 146 g/mol. The van der Waals surface area contributed by atoms with Crippen LogP contribution in [0.2, 0.25) is 0 Å². The van der Waals surface area contributed by atoms with E-state index < -0.39 is 0 Å². The van der Waals surface area contributed by atoms with Gasteiger partial charge in [-0.15, -0.1) is 0 Å². The van der Waals surface area contributed by atoms with E-state index in [1.807, 2.05) is 0 Å². The van der Waals surface area contributed by atoms with Crippen molar-refractivity contribution in [1.82, 2.24) is 5.39 Å². The van der Waals surface area contributed by atoms with E-state index in [1.165, 1.54) is 0 Å². The molecule has 0 rings (SSSR count). The SMILES string of the molecule is C=NON(ON=C)ON=C. The van der Waals surface area contributed by atoms with Gasteiger partial charge in [0.2, 0.25) is 0 Å². The Balaban J connectivity index is 3.58. The molecule has 0 saturated carbocycles. The Morgan fingerprint density at radius 3 is 1.30 bits per heavy atom. The highest BCUT2D eigenvalue weighted by molar-refractivity contribution is 5.21. The largest absolute Gasteiger partial charge is 0.300 e. The van der Waals surface area contributed by atoms with Crippen LogP contribution in [0.15, 0.2) is 15.5 Å². The summed E-state index contributed by atoms with van der Waals surface area (Å²) in [6.45, 7) is 8.90. The van der Waals surface area contributed by atoms with Crippen LogP contribution < -0.4 is 0 Å². The summed E-state index contributed by atoms with van der Waals surface area (Å²) < 4.78 is 0. The summed E-state index contributed by atoms with van der Waals surface area (Å²) in [6, 6.07) is 0. The molecular formula is C3H6N4O3. The van der Waals surface area contributed by atoms with Gasteiger partial charge in [0.05, 0.1) is 0 Å². The van der Waals surface area contributed by atoms with Crippen LogP contribution in [0.4, 0.5) is 0 Å². The van der Waals surface area contributed by atoms with Crippen LogP contribution in [0.25, 0.3) is 0 Å². The fourth-order valence-electron chi connectivity index (χ4n) is 0.186. The highest BCUT2D eigenvalue weighted by atomic mass is 17.2. The van der Waals surface area contributed by atoms with Gasteiger partial charge in [-0.05, 0) is 0 Å². The lowest BCUT2D eigenvalue weighted by molar-refractivity contribution is -0.529. The second-order valence-electron chi connectivity index (χ2n) is 0.856. The maximum absolute atomic E-state index is 4.16. The average molecular weight is 146 g/mol. The van der Waals surface area contributed by atoms with Gasteiger partial charge in [-0.25, -0.2) is 14.8 Å². The van der Waals surface area contributed by atoms with E-state index >= 15 is 0 Å². The Morgan fingerprint density at radius 2 is 1.10 bits per heavy atom. The molecule has 0 radical (unpaired) electrons. The molecule has 0 saturated heterocycles. The molecule has 0 aliphatic carbocycles. The van der Waals surface area contributed by atoms with E-state index in [9.17, 15) is 0 Å². The molecule has 0 spiro atoms. The van der Waals surface area contributed by atoms with Crippen molar-refractivity contribution >= 4 is 20.2 Å². The molecule has 56 valence electrons. The van der Waals surface area contributed by atoms with E-state index in [-0.39, 0.29) is 0 Å². The Morgan fingerprint density at radius 1 is 0.800 bits per heavy atom. The van der Waals surface area contributed by atoms with Crippen molar-refractivity contribution in [3.8, 4) is 0 Å². The summed E-state index contributed by atoms with van der Waals surface area (Å²) in [7, 11) is 0. The third-order valence-electron chi connectivity index (χ3n) is 0.373. The molecule has 0 aromatic rings. The smallest absolute Gasteiger partial charge is 0.220 e. The Hall–Kier alpha value is -1.63. The second-order valence-corrected chi connectivity index (χ2v) is 0.856. The zero-order chi connectivity index (χ0) is 7.82. The first-order valence-electron chi connectivity index (χ1n) is 2.04. The molecule has 0 unspecified atom stereocenters. The van der Waals surface area contributed by atoms with Gasteiger partial charge < -0.3 is 0 Å². The molecule has 7 nitrogen and oxygen atoms in total. The lowest BCUT2D eigenvalue weighted by atomic mass is 11.8. The minimum atomic E-state index is 0.354. The topological polar surface area (TPSA) is 68.0 Å². The van der Waals surface area contributed by atoms with Crippen molar-refractivity contribution in [2.45, 2.75) is 0 Å². The summed E-state index contributed by atoms with van der Waals surface area (Å²) >= 11 is 0. The molecule has 7 heteroatoms. The quantitative estimate of drug-likeness (QED) is 0.388. The highest BCUT2D eigenvalue weighted by Crippen LogP contribution is 1.93. The van der Waals surface area contributed by atoms with Gasteiger partial charge in [0, 0.05) is 20.2 Å².